The summed E-state index contributed by atoms with van der Waals surface area (Å²) in [4.78, 5) is 11.3. The lowest BCUT2D eigenvalue weighted by molar-refractivity contribution is -0.117. The second-order valence-corrected chi connectivity index (χ2v) is 5.33. The van der Waals surface area contributed by atoms with Crippen molar-refractivity contribution in [1.29, 1.82) is 0 Å². The Kier molecular flexibility index (Phi) is 5.75. The highest BCUT2D eigenvalue weighted by Crippen LogP contribution is 2.18. The number of rotatable bonds is 3. The molecule has 0 aliphatic rings. The van der Waals surface area contributed by atoms with Crippen molar-refractivity contribution < 1.29 is 13.2 Å². The molecule has 0 heterocycles. The van der Waals surface area contributed by atoms with E-state index in [0.29, 0.717) is 11.3 Å². The number of amides is 1. The van der Waals surface area contributed by atoms with Gasteiger partial charge in [-0.25, -0.2) is 13.6 Å². The van der Waals surface area contributed by atoms with Crippen molar-refractivity contribution in [2.75, 3.05) is 5.32 Å². The molecule has 8 heteroatoms. The number of carbonyl (C=O) groups is 1. The molecular weight excluding hydrogens is 278 g/mol. The lowest BCUT2D eigenvalue weighted by Gasteiger charge is -2.10. The van der Waals surface area contributed by atoms with Gasteiger partial charge >= 0.3 is 0 Å². The Balaban J connectivity index is 0.00000289. The van der Waals surface area contributed by atoms with E-state index in [1.165, 1.54) is 13.0 Å². The van der Waals surface area contributed by atoms with Crippen molar-refractivity contribution in [1.82, 2.24) is 0 Å². The number of hydrogen-bond acceptors (Lipinski definition) is 4. The van der Waals surface area contributed by atoms with Crippen molar-refractivity contribution in [3.63, 3.8) is 0 Å². The summed E-state index contributed by atoms with van der Waals surface area (Å²) in [5.41, 5.74) is 6.25. The molecule has 0 fully saturated rings. The molecule has 5 N–H and O–H groups in total. The first-order chi connectivity index (χ1) is 7.71. The van der Waals surface area contributed by atoms with Gasteiger partial charge in [0, 0.05) is 5.69 Å². The zero-order valence-corrected chi connectivity index (χ0v) is 11.6. The third-order valence-electron chi connectivity index (χ3n) is 2.18. The zero-order chi connectivity index (χ0) is 13.2. The van der Waals surface area contributed by atoms with Crippen LogP contribution in [0, 0.1) is 6.92 Å². The standard InChI is InChI=1S/C10H15N3O3S.ClH/c1-6-3-4-8(13-10(14)7(2)11)5-9(6)17(12,15)16;/h3-5,7H,11H2,1-2H3,(H,13,14)(H2,12,15,16);1H/t7-;/m0./s1. The van der Waals surface area contributed by atoms with Crippen LogP contribution in [0.5, 0.6) is 0 Å². The first-order valence-electron chi connectivity index (χ1n) is 4.91. The van der Waals surface area contributed by atoms with Crippen molar-refractivity contribution in [3.8, 4) is 0 Å². The van der Waals surface area contributed by atoms with Crippen LogP contribution >= 0.6 is 12.4 Å². The monoisotopic (exact) mass is 293 g/mol. The number of halogens is 1. The molecule has 0 unspecified atom stereocenters. The predicted molar refractivity (Wildman–Crippen MR) is 72.1 cm³/mol. The highest BCUT2D eigenvalue weighted by atomic mass is 35.5. The van der Waals surface area contributed by atoms with Gasteiger partial charge in [-0.1, -0.05) is 6.07 Å². The fourth-order valence-corrected chi connectivity index (χ4v) is 2.05. The minimum Gasteiger partial charge on any atom is -0.325 e. The SMILES string of the molecule is Cc1ccc(NC(=O)[C@H](C)N)cc1S(N)(=O)=O.Cl. The lowest BCUT2D eigenvalue weighted by Crippen LogP contribution is -2.32. The number of aryl methyl sites for hydroxylation is 1. The van der Waals surface area contributed by atoms with Crippen molar-refractivity contribution in [2.45, 2.75) is 24.8 Å². The van der Waals surface area contributed by atoms with Gasteiger partial charge in [0.1, 0.15) is 0 Å². The first-order valence-corrected chi connectivity index (χ1v) is 6.46. The number of carbonyl (C=O) groups excluding carboxylic acids is 1. The molecule has 102 valence electrons. The molecule has 0 aromatic heterocycles. The van der Waals surface area contributed by atoms with Crippen LogP contribution < -0.4 is 16.2 Å². The van der Waals surface area contributed by atoms with E-state index in [2.05, 4.69) is 5.32 Å². The van der Waals surface area contributed by atoms with Crippen LogP contribution in [0.2, 0.25) is 0 Å². The quantitative estimate of drug-likeness (QED) is 0.745. The molecule has 0 radical (unpaired) electrons. The minimum atomic E-state index is -3.79. The van der Waals surface area contributed by atoms with Gasteiger partial charge in [-0.05, 0) is 31.5 Å². The highest BCUT2D eigenvalue weighted by Gasteiger charge is 2.14. The second-order valence-electron chi connectivity index (χ2n) is 3.80. The van der Waals surface area contributed by atoms with E-state index in [1.54, 1.807) is 19.1 Å². The summed E-state index contributed by atoms with van der Waals surface area (Å²) in [5, 5.41) is 7.55. The van der Waals surface area contributed by atoms with E-state index in [4.69, 9.17) is 10.9 Å². The molecule has 1 aromatic carbocycles. The molecule has 0 spiro atoms. The Bertz CT molecular complexity index is 543. The smallest absolute Gasteiger partial charge is 0.240 e. The first kappa shape index (κ1) is 16.9. The molecule has 0 bridgehead atoms. The third kappa shape index (κ3) is 4.26. The van der Waals surface area contributed by atoms with E-state index in [9.17, 15) is 13.2 Å². The van der Waals surface area contributed by atoms with Gasteiger partial charge < -0.3 is 11.1 Å². The number of nitrogens with one attached hydrogen (secondary N) is 1. The van der Waals surface area contributed by atoms with E-state index >= 15 is 0 Å². The number of anilines is 1. The molecule has 6 nitrogen and oxygen atoms in total. The molecule has 0 saturated carbocycles. The molecule has 0 aliphatic heterocycles. The summed E-state index contributed by atoms with van der Waals surface area (Å²) in [6.07, 6.45) is 0. The summed E-state index contributed by atoms with van der Waals surface area (Å²) in [7, 11) is -3.79. The molecular formula is C10H16ClN3O3S. The zero-order valence-electron chi connectivity index (χ0n) is 10.0. The van der Waals surface area contributed by atoms with Crippen molar-refractivity contribution >= 4 is 34.0 Å². The van der Waals surface area contributed by atoms with E-state index < -0.39 is 22.0 Å². The Labute approximate surface area is 112 Å². The number of hydrogen-bond donors (Lipinski definition) is 3. The number of nitrogens with two attached hydrogens (primary N) is 2. The van der Waals surface area contributed by atoms with Crippen LogP contribution in [0.3, 0.4) is 0 Å². The number of primary sulfonamides is 1. The molecule has 0 saturated heterocycles. The van der Waals surface area contributed by atoms with Crippen LogP contribution in [0.15, 0.2) is 23.1 Å². The molecule has 1 aromatic rings. The number of sulfonamides is 1. The van der Waals surface area contributed by atoms with Gasteiger partial charge in [-0.15, -0.1) is 12.4 Å². The average Bonchev–Trinajstić information content (AvgIpc) is 2.19. The van der Waals surface area contributed by atoms with Gasteiger partial charge in [-0.3, -0.25) is 4.79 Å². The lowest BCUT2D eigenvalue weighted by atomic mass is 10.2. The Morgan fingerprint density at radius 3 is 2.39 bits per heavy atom. The summed E-state index contributed by atoms with van der Waals surface area (Å²) < 4.78 is 22.5. The van der Waals surface area contributed by atoms with Gasteiger partial charge in [-0.2, -0.15) is 0 Å². The topological polar surface area (TPSA) is 115 Å². The largest absolute Gasteiger partial charge is 0.325 e. The Morgan fingerprint density at radius 2 is 1.94 bits per heavy atom. The van der Waals surface area contributed by atoms with Crippen LogP contribution in [0.1, 0.15) is 12.5 Å². The highest BCUT2D eigenvalue weighted by molar-refractivity contribution is 7.89. The fraction of sp³-hybridized carbons (Fsp3) is 0.300. The minimum absolute atomic E-state index is 0. The Hall–Kier alpha value is -1.15. The second kappa shape index (κ2) is 6.14. The van der Waals surface area contributed by atoms with Gasteiger partial charge in [0.05, 0.1) is 10.9 Å². The Morgan fingerprint density at radius 1 is 1.39 bits per heavy atom. The molecule has 1 amide bonds. The molecule has 18 heavy (non-hydrogen) atoms. The van der Waals surface area contributed by atoms with Gasteiger partial charge in [0.25, 0.3) is 0 Å². The van der Waals surface area contributed by atoms with Crippen LogP contribution in [0.25, 0.3) is 0 Å². The third-order valence-corrected chi connectivity index (χ3v) is 3.23. The molecule has 1 rings (SSSR count). The summed E-state index contributed by atoms with van der Waals surface area (Å²) in [5.74, 6) is -0.394. The van der Waals surface area contributed by atoms with Crippen molar-refractivity contribution in [3.05, 3.63) is 23.8 Å². The number of benzene rings is 1. The fourth-order valence-electron chi connectivity index (χ4n) is 1.24. The maximum absolute atomic E-state index is 11.3. The predicted octanol–water partition coefficient (Wildman–Crippen LogP) is 0.350. The summed E-state index contributed by atoms with van der Waals surface area (Å²) >= 11 is 0. The van der Waals surface area contributed by atoms with E-state index in [-0.39, 0.29) is 17.3 Å². The van der Waals surface area contributed by atoms with Gasteiger partial charge in [0.2, 0.25) is 15.9 Å². The normalized spacial score (nSPS) is 12.4. The van der Waals surface area contributed by atoms with Crippen LogP contribution in [-0.4, -0.2) is 20.4 Å². The molecule has 1 atom stereocenters. The van der Waals surface area contributed by atoms with Gasteiger partial charge in [0.15, 0.2) is 0 Å². The summed E-state index contributed by atoms with van der Waals surface area (Å²) in [6.45, 7) is 3.15. The average molecular weight is 294 g/mol. The van der Waals surface area contributed by atoms with E-state index in [1.807, 2.05) is 0 Å². The van der Waals surface area contributed by atoms with Crippen LogP contribution in [-0.2, 0) is 14.8 Å². The maximum Gasteiger partial charge on any atom is 0.240 e. The van der Waals surface area contributed by atoms with E-state index in [0.717, 1.165) is 0 Å². The molecule has 0 aliphatic carbocycles. The van der Waals surface area contributed by atoms with Crippen molar-refractivity contribution in [2.24, 2.45) is 10.9 Å². The maximum atomic E-state index is 11.3. The summed E-state index contributed by atoms with van der Waals surface area (Å²) in [6, 6.07) is 3.79. The van der Waals surface area contributed by atoms with Crippen LogP contribution in [0.4, 0.5) is 5.69 Å².